The molecular weight excluding hydrogens is 286 g/mol. The molecule has 0 unspecified atom stereocenters. The minimum absolute atomic E-state index is 0.0956. The minimum atomic E-state index is 0.0956. The van der Waals surface area contributed by atoms with Crippen LogP contribution in [0.4, 0.5) is 11.4 Å². The van der Waals surface area contributed by atoms with Gasteiger partial charge in [0.1, 0.15) is 0 Å². The van der Waals surface area contributed by atoms with Gasteiger partial charge >= 0.3 is 0 Å². The van der Waals surface area contributed by atoms with E-state index in [0.29, 0.717) is 6.54 Å². The Kier molecular flexibility index (Phi) is 6.46. The van der Waals surface area contributed by atoms with Crippen LogP contribution < -0.4 is 10.2 Å². The molecule has 1 fully saturated rings. The summed E-state index contributed by atoms with van der Waals surface area (Å²) in [7, 11) is 0. The van der Waals surface area contributed by atoms with Crippen LogP contribution in [0.3, 0.4) is 0 Å². The highest BCUT2D eigenvalue weighted by molar-refractivity contribution is 5.93. The van der Waals surface area contributed by atoms with Crippen LogP contribution in [0, 0.1) is 12.8 Å². The van der Waals surface area contributed by atoms with Gasteiger partial charge in [-0.15, -0.1) is 0 Å². The largest absolute Gasteiger partial charge is 0.372 e. The van der Waals surface area contributed by atoms with E-state index in [4.69, 9.17) is 0 Å². The Labute approximate surface area is 140 Å². The van der Waals surface area contributed by atoms with Crippen LogP contribution in [-0.2, 0) is 4.79 Å². The number of anilines is 2. The van der Waals surface area contributed by atoms with E-state index in [1.54, 1.807) is 0 Å². The summed E-state index contributed by atoms with van der Waals surface area (Å²) in [5, 5.41) is 3.07. The molecule has 0 bridgehead atoms. The first-order valence-corrected chi connectivity index (χ1v) is 8.91. The minimum Gasteiger partial charge on any atom is -0.372 e. The fraction of sp³-hybridized carbons (Fsp3) is 0.632. The number of benzene rings is 1. The van der Waals surface area contributed by atoms with E-state index < -0.39 is 0 Å². The summed E-state index contributed by atoms with van der Waals surface area (Å²) in [6.07, 6.45) is 2.40. The highest BCUT2D eigenvalue weighted by Crippen LogP contribution is 2.23. The lowest BCUT2D eigenvalue weighted by molar-refractivity contribution is -0.117. The van der Waals surface area contributed by atoms with Crippen molar-refractivity contribution in [3.8, 4) is 0 Å². The SMILES string of the molecule is CCN(CC)c1ccc(NC(=O)CN2CCC(C)CC2)c(C)c1. The van der Waals surface area contributed by atoms with Crippen LogP contribution in [0.15, 0.2) is 18.2 Å². The molecule has 1 amide bonds. The van der Waals surface area contributed by atoms with Gasteiger partial charge in [-0.2, -0.15) is 0 Å². The first kappa shape index (κ1) is 17.8. The van der Waals surface area contributed by atoms with Crippen molar-refractivity contribution >= 4 is 17.3 Å². The molecule has 128 valence electrons. The molecule has 0 spiro atoms. The van der Waals surface area contributed by atoms with Gasteiger partial charge < -0.3 is 10.2 Å². The molecule has 1 aromatic carbocycles. The molecule has 2 rings (SSSR count). The zero-order valence-corrected chi connectivity index (χ0v) is 15.1. The van der Waals surface area contributed by atoms with Gasteiger partial charge in [-0.1, -0.05) is 6.92 Å². The number of rotatable bonds is 6. The first-order valence-electron chi connectivity index (χ1n) is 8.91. The second-order valence-corrected chi connectivity index (χ2v) is 6.68. The van der Waals surface area contributed by atoms with Crippen molar-refractivity contribution in [3.05, 3.63) is 23.8 Å². The Balaban J connectivity index is 1.93. The second-order valence-electron chi connectivity index (χ2n) is 6.68. The van der Waals surface area contributed by atoms with Gasteiger partial charge in [0.25, 0.3) is 0 Å². The third-order valence-electron chi connectivity index (χ3n) is 4.86. The van der Waals surface area contributed by atoms with E-state index in [9.17, 15) is 4.79 Å². The molecule has 1 N–H and O–H groups in total. The molecule has 1 saturated heterocycles. The van der Waals surface area contributed by atoms with Crippen LogP contribution in [0.25, 0.3) is 0 Å². The summed E-state index contributed by atoms with van der Waals surface area (Å²) >= 11 is 0. The van der Waals surface area contributed by atoms with E-state index >= 15 is 0 Å². The van der Waals surface area contributed by atoms with Crippen LogP contribution in [0.1, 0.15) is 39.2 Å². The zero-order chi connectivity index (χ0) is 16.8. The average molecular weight is 317 g/mol. The summed E-state index contributed by atoms with van der Waals surface area (Å²) < 4.78 is 0. The summed E-state index contributed by atoms with van der Waals surface area (Å²) in [6, 6.07) is 6.28. The van der Waals surface area contributed by atoms with Gasteiger partial charge in [0, 0.05) is 24.5 Å². The normalized spacial score (nSPS) is 16.3. The molecule has 0 radical (unpaired) electrons. The maximum Gasteiger partial charge on any atom is 0.238 e. The van der Waals surface area contributed by atoms with Crippen molar-refractivity contribution in [3.63, 3.8) is 0 Å². The average Bonchev–Trinajstić information content (AvgIpc) is 2.53. The lowest BCUT2D eigenvalue weighted by atomic mass is 9.99. The predicted octanol–water partition coefficient (Wildman–Crippen LogP) is 3.51. The molecule has 4 heteroatoms. The number of hydrogen-bond acceptors (Lipinski definition) is 3. The van der Waals surface area contributed by atoms with Crippen molar-refractivity contribution in [2.24, 2.45) is 5.92 Å². The Morgan fingerprint density at radius 3 is 2.48 bits per heavy atom. The lowest BCUT2D eigenvalue weighted by Gasteiger charge is -2.29. The van der Waals surface area contributed by atoms with Gasteiger partial charge in [-0.25, -0.2) is 0 Å². The van der Waals surface area contributed by atoms with Crippen LogP contribution in [-0.4, -0.2) is 43.5 Å². The Hall–Kier alpha value is -1.55. The first-order chi connectivity index (χ1) is 11.0. The maximum atomic E-state index is 12.3. The van der Waals surface area contributed by atoms with Crippen molar-refractivity contribution in [2.45, 2.75) is 40.5 Å². The van der Waals surface area contributed by atoms with Crippen LogP contribution in [0.5, 0.6) is 0 Å². The van der Waals surface area contributed by atoms with E-state index in [0.717, 1.165) is 43.3 Å². The number of likely N-dealkylation sites (tertiary alicyclic amines) is 1. The summed E-state index contributed by atoms with van der Waals surface area (Å²) in [4.78, 5) is 16.9. The van der Waals surface area contributed by atoms with Gasteiger partial charge in [0.05, 0.1) is 6.54 Å². The Morgan fingerprint density at radius 2 is 1.91 bits per heavy atom. The highest BCUT2D eigenvalue weighted by Gasteiger charge is 2.18. The number of carbonyl (C=O) groups excluding carboxylic acids is 1. The van der Waals surface area contributed by atoms with Gasteiger partial charge in [0.2, 0.25) is 5.91 Å². The van der Waals surface area contributed by atoms with Crippen molar-refractivity contribution in [1.82, 2.24) is 4.90 Å². The van der Waals surface area contributed by atoms with Gasteiger partial charge in [-0.3, -0.25) is 9.69 Å². The lowest BCUT2D eigenvalue weighted by Crippen LogP contribution is -2.38. The number of nitrogens with one attached hydrogen (secondary N) is 1. The standard InChI is InChI=1S/C19H31N3O/c1-5-22(6-2)17-7-8-18(16(4)13-17)20-19(23)14-21-11-9-15(3)10-12-21/h7-8,13,15H,5-6,9-12,14H2,1-4H3,(H,20,23). The number of carbonyl (C=O) groups is 1. The molecule has 1 aromatic rings. The summed E-state index contributed by atoms with van der Waals surface area (Å²) in [6.45, 7) is 13.2. The fourth-order valence-corrected chi connectivity index (χ4v) is 3.19. The molecule has 1 aliphatic heterocycles. The smallest absolute Gasteiger partial charge is 0.238 e. The zero-order valence-electron chi connectivity index (χ0n) is 15.1. The maximum absolute atomic E-state index is 12.3. The molecule has 0 aromatic heterocycles. The quantitative estimate of drug-likeness (QED) is 0.872. The molecule has 1 heterocycles. The van der Waals surface area contributed by atoms with Gasteiger partial charge in [-0.05, 0) is 76.4 Å². The van der Waals surface area contributed by atoms with E-state index in [1.165, 1.54) is 18.5 Å². The van der Waals surface area contributed by atoms with Gasteiger partial charge in [0.15, 0.2) is 0 Å². The third kappa shape index (κ3) is 4.96. The monoisotopic (exact) mass is 317 g/mol. The third-order valence-corrected chi connectivity index (χ3v) is 4.86. The molecule has 0 aliphatic carbocycles. The van der Waals surface area contributed by atoms with E-state index in [1.807, 2.05) is 6.07 Å². The van der Waals surface area contributed by atoms with Crippen molar-refractivity contribution in [2.75, 3.05) is 42.9 Å². The van der Waals surface area contributed by atoms with Crippen molar-refractivity contribution in [1.29, 1.82) is 0 Å². The molecular formula is C19H31N3O. The fourth-order valence-electron chi connectivity index (χ4n) is 3.19. The number of hydrogen-bond donors (Lipinski definition) is 1. The Bertz CT molecular complexity index is 517. The van der Waals surface area contributed by atoms with E-state index in [2.05, 4.69) is 54.9 Å². The topological polar surface area (TPSA) is 35.6 Å². The van der Waals surface area contributed by atoms with Crippen LogP contribution >= 0.6 is 0 Å². The highest BCUT2D eigenvalue weighted by atomic mass is 16.2. The molecule has 0 atom stereocenters. The summed E-state index contributed by atoms with van der Waals surface area (Å²) in [5.74, 6) is 0.891. The molecule has 1 aliphatic rings. The molecule has 0 saturated carbocycles. The van der Waals surface area contributed by atoms with E-state index in [-0.39, 0.29) is 5.91 Å². The number of piperidine rings is 1. The summed E-state index contributed by atoms with van der Waals surface area (Å²) in [5.41, 5.74) is 3.27. The van der Waals surface area contributed by atoms with Crippen LogP contribution in [0.2, 0.25) is 0 Å². The predicted molar refractivity (Wildman–Crippen MR) is 98.2 cm³/mol. The Morgan fingerprint density at radius 1 is 1.26 bits per heavy atom. The number of amides is 1. The second kappa shape index (κ2) is 8.34. The number of aryl methyl sites for hydroxylation is 1. The molecule has 4 nitrogen and oxygen atoms in total. The van der Waals surface area contributed by atoms with Crippen molar-refractivity contribution < 1.29 is 4.79 Å². The number of nitrogens with zero attached hydrogens (tertiary/aromatic N) is 2. The molecule has 23 heavy (non-hydrogen) atoms.